The van der Waals surface area contributed by atoms with Crippen LogP contribution in [0.1, 0.15) is 26.1 Å². The Morgan fingerprint density at radius 1 is 1.47 bits per heavy atom. The van der Waals surface area contributed by atoms with Crippen molar-refractivity contribution in [3.8, 4) is 0 Å². The molecule has 0 bridgehead atoms. The molecule has 96 valence electrons. The van der Waals surface area contributed by atoms with Gasteiger partial charge in [-0.1, -0.05) is 0 Å². The SMILES string of the molecule is CC(C)(c1nnnn1CCC(=O)O)S(C)(=O)=O. The maximum Gasteiger partial charge on any atom is 0.305 e. The molecule has 0 aliphatic rings. The van der Waals surface area contributed by atoms with Crippen LogP contribution in [0, 0.1) is 0 Å². The van der Waals surface area contributed by atoms with Crippen molar-refractivity contribution in [2.24, 2.45) is 0 Å². The van der Waals surface area contributed by atoms with Gasteiger partial charge < -0.3 is 5.11 Å². The molecule has 17 heavy (non-hydrogen) atoms. The van der Waals surface area contributed by atoms with Crippen molar-refractivity contribution in [1.29, 1.82) is 0 Å². The number of aliphatic carboxylic acids is 1. The number of carbonyl (C=O) groups is 1. The minimum absolute atomic E-state index is 0.0383. The Bertz CT molecular complexity index is 519. The number of sulfone groups is 1. The smallest absolute Gasteiger partial charge is 0.305 e. The summed E-state index contributed by atoms with van der Waals surface area (Å²) in [6.07, 6.45) is 0.918. The first-order valence-electron chi connectivity index (χ1n) is 4.84. The highest BCUT2D eigenvalue weighted by Crippen LogP contribution is 2.26. The van der Waals surface area contributed by atoms with Crippen molar-refractivity contribution in [2.75, 3.05) is 6.26 Å². The maximum atomic E-state index is 11.6. The Hall–Kier alpha value is -1.51. The Kier molecular flexibility index (Phi) is 3.51. The number of hydrogen-bond donors (Lipinski definition) is 1. The van der Waals surface area contributed by atoms with E-state index in [1.54, 1.807) is 0 Å². The van der Waals surface area contributed by atoms with Gasteiger partial charge in [0.2, 0.25) is 0 Å². The molecule has 0 spiro atoms. The number of aromatic nitrogens is 4. The highest BCUT2D eigenvalue weighted by atomic mass is 32.2. The topological polar surface area (TPSA) is 115 Å². The highest BCUT2D eigenvalue weighted by Gasteiger charge is 2.37. The molecule has 0 aliphatic heterocycles. The van der Waals surface area contributed by atoms with Crippen LogP contribution < -0.4 is 0 Å². The average molecular weight is 262 g/mol. The molecule has 0 saturated carbocycles. The van der Waals surface area contributed by atoms with Crippen molar-refractivity contribution in [2.45, 2.75) is 31.6 Å². The van der Waals surface area contributed by atoms with E-state index in [4.69, 9.17) is 5.11 Å². The van der Waals surface area contributed by atoms with Crippen LogP contribution in [0.25, 0.3) is 0 Å². The molecule has 1 aromatic rings. The second-order valence-electron chi connectivity index (χ2n) is 4.15. The van der Waals surface area contributed by atoms with Crippen LogP contribution in [0.4, 0.5) is 0 Å². The monoisotopic (exact) mass is 262 g/mol. The van der Waals surface area contributed by atoms with Crippen molar-refractivity contribution < 1.29 is 18.3 Å². The first-order chi connectivity index (χ1) is 7.66. The molecule has 0 unspecified atom stereocenters. The molecule has 1 aromatic heterocycles. The van der Waals surface area contributed by atoms with E-state index in [-0.39, 0.29) is 18.8 Å². The van der Waals surface area contributed by atoms with E-state index in [0.717, 1.165) is 6.26 Å². The maximum absolute atomic E-state index is 11.6. The molecule has 0 fully saturated rings. The van der Waals surface area contributed by atoms with Gasteiger partial charge in [0.25, 0.3) is 0 Å². The van der Waals surface area contributed by atoms with Crippen molar-refractivity contribution in [1.82, 2.24) is 20.2 Å². The Labute approximate surface area is 98.6 Å². The van der Waals surface area contributed by atoms with Crippen LogP contribution >= 0.6 is 0 Å². The summed E-state index contributed by atoms with van der Waals surface area (Å²) in [7, 11) is -3.40. The van der Waals surface area contributed by atoms with Gasteiger partial charge in [-0.25, -0.2) is 13.1 Å². The summed E-state index contributed by atoms with van der Waals surface area (Å²) in [4.78, 5) is 10.5. The minimum Gasteiger partial charge on any atom is -0.481 e. The Balaban J connectivity index is 3.08. The lowest BCUT2D eigenvalue weighted by molar-refractivity contribution is -0.137. The van der Waals surface area contributed by atoms with Gasteiger partial charge in [0.1, 0.15) is 4.75 Å². The molecule has 0 aliphatic carbocycles. The molecule has 1 N–H and O–H groups in total. The minimum atomic E-state index is -3.40. The van der Waals surface area contributed by atoms with Gasteiger partial charge in [0.05, 0.1) is 13.0 Å². The number of rotatable bonds is 5. The van der Waals surface area contributed by atoms with E-state index >= 15 is 0 Å². The van der Waals surface area contributed by atoms with Crippen LogP contribution in [-0.2, 0) is 25.9 Å². The third-order valence-corrected chi connectivity index (χ3v) is 4.57. The van der Waals surface area contributed by atoms with Crippen LogP contribution in [0.3, 0.4) is 0 Å². The predicted octanol–water partition coefficient (Wildman–Crippen LogP) is -0.572. The van der Waals surface area contributed by atoms with Crippen LogP contribution in [0.15, 0.2) is 0 Å². The van der Waals surface area contributed by atoms with E-state index in [0.29, 0.717) is 0 Å². The first-order valence-corrected chi connectivity index (χ1v) is 6.73. The number of carboxylic acids is 1. The molecule has 0 radical (unpaired) electrons. The van der Waals surface area contributed by atoms with Gasteiger partial charge >= 0.3 is 5.97 Å². The van der Waals surface area contributed by atoms with Gasteiger partial charge in [0, 0.05) is 6.26 Å². The quantitative estimate of drug-likeness (QED) is 0.755. The number of carboxylic acid groups (broad SMARTS) is 1. The van der Waals surface area contributed by atoms with Crippen molar-refractivity contribution >= 4 is 15.8 Å². The fourth-order valence-corrected chi connectivity index (χ4v) is 1.63. The largest absolute Gasteiger partial charge is 0.481 e. The van der Waals surface area contributed by atoms with E-state index in [9.17, 15) is 13.2 Å². The lowest BCUT2D eigenvalue weighted by atomic mass is 10.2. The molecule has 9 heteroatoms. The van der Waals surface area contributed by atoms with Gasteiger partial charge in [-0.3, -0.25) is 4.79 Å². The zero-order valence-electron chi connectivity index (χ0n) is 9.78. The zero-order valence-corrected chi connectivity index (χ0v) is 10.6. The molecule has 0 amide bonds. The lowest BCUT2D eigenvalue weighted by Gasteiger charge is -2.20. The lowest BCUT2D eigenvalue weighted by Crippen LogP contribution is -2.32. The molecular weight excluding hydrogens is 248 g/mol. The van der Waals surface area contributed by atoms with Crippen molar-refractivity contribution in [3.63, 3.8) is 0 Å². The second kappa shape index (κ2) is 4.40. The fourth-order valence-electron chi connectivity index (χ4n) is 1.15. The molecule has 8 nitrogen and oxygen atoms in total. The van der Waals surface area contributed by atoms with E-state index < -0.39 is 20.6 Å². The van der Waals surface area contributed by atoms with Crippen molar-refractivity contribution in [3.05, 3.63) is 5.82 Å². The standard InChI is InChI=1S/C8H14N4O4S/c1-8(2,17(3,15)16)7-9-10-11-12(7)5-4-6(13)14/h4-5H2,1-3H3,(H,13,14). The fraction of sp³-hybridized carbons (Fsp3) is 0.750. The summed E-state index contributed by atoms with van der Waals surface area (Å²) in [5.74, 6) is -0.857. The normalized spacial score (nSPS) is 12.6. The summed E-state index contributed by atoms with van der Waals surface area (Å²) in [5, 5.41) is 19.2. The van der Waals surface area contributed by atoms with Gasteiger partial charge in [-0.15, -0.1) is 5.10 Å². The van der Waals surface area contributed by atoms with Crippen LogP contribution in [-0.4, -0.2) is 46.0 Å². The molecule has 0 atom stereocenters. The summed E-state index contributed by atoms with van der Waals surface area (Å²) < 4.78 is 23.2. The number of hydrogen-bond acceptors (Lipinski definition) is 6. The number of tetrazole rings is 1. The van der Waals surface area contributed by atoms with E-state index in [2.05, 4.69) is 15.5 Å². The first kappa shape index (κ1) is 13.6. The third kappa shape index (κ3) is 2.78. The number of aryl methyl sites for hydroxylation is 1. The van der Waals surface area contributed by atoms with Gasteiger partial charge in [-0.2, -0.15) is 0 Å². The molecule has 0 aromatic carbocycles. The second-order valence-corrected chi connectivity index (χ2v) is 6.72. The predicted molar refractivity (Wildman–Crippen MR) is 57.9 cm³/mol. The Morgan fingerprint density at radius 2 is 2.06 bits per heavy atom. The molecular formula is C8H14N4O4S. The van der Waals surface area contributed by atoms with E-state index in [1.165, 1.54) is 18.5 Å². The average Bonchev–Trinajstić information content (AvgIpc) is 2.60. The van der Waals surface area contributed by atoms with Crippen LogP contribution in [0.2, 0.25) is 0 Å². The van der Waals surface area contributed by atoms with Gasteiger partial charge in [0.15, 0.2) is 15.7 Å². The number of nitrogens with zero attached hydrogens (tertiary/aromatic N) is 4. The highest BCUT2D eigenvalue weighted by molar-refractivity contribution is 7.91. The zero-order chi connectivity index (χ0) is 13.3. The van der Waals surface area contributed by atoms with Crippen LogP contribution in [0.5, 0.6) is 0 Å². The molecule has 0 saturated heterocycles. The molecule has 1 heterocycles. The summed E-state index contributed by atoms with van der Waals surface area (Å²) >= 11 is 0. The Morgan fingerprint density at radius 3 is 2.53 bits per heavy atom. The molecule has 1 rings (SSSR count). The van der Waals surface area contributed by atoms with Gasteiger partial charge in [-0.05, 0) is 24.3 Å². The van der Waals surface area contributed by atoms with E-state index in [1.807, 2.05) is 0 Å². The summed E-state index contributed by atoms with van der Waals surface area (Å²) in [6.45, 7) is 2.99. The summed E-state index contributed by atoms with van der Waals surface area (Å²) in [6, 6.07) is 0. The third-order valence-electron chi connectivity index (χ3n) is 2.53. The summed E-state index contributed by atoms with van der Waals surface area (Å²) in [5.41, 5.74) is 0.